The van der Waals surface area contributed by atoms with E-state index in [1.54, 1.807) is 43.3 Å². The van der Waals surface area contributed by atoms with Crippen molar-refractivity contribution in [3.05, 3.63) is 78.1 Å². The van der Waals surface area contributed by atoms with Gasteiger partial charge in [0.15, 0.2) is 5.13 Å². The molecule has 0 radical (unpaired) electrons. The first-order valence-corrected chi connectivity index (χ1v) is 14.0. The number of hydrogen-bond donors (Lipinski definition) is 0. The molecule has 4 rings (SSSR count). The number of thiazole rings is 1. The van der Waals surface area contributed by atoms with Crippen molar-refractivity contribution in [3.63, 3.8) is 0 Å². The van der Waals surface area contributed by atoms with E-state index in [2.05, 4.69) is 4.98 Å². The Morgan fingerprint density at radius 2 is 1.78 bits per heavy atom. The summed E-state index contributed by atoms with van der Waals surface area (Å²) < 4.78 is 33.6. The van der Waals surface area contributed by atoms with Crippen molar-refractivity contribution in [1.82, 2.24) is 14.3 Å². The van der Waals surface area contributed by atoms with Crippen molar-refractivity contribution in [2.24, 2.45) is 0 Å². The maximum absolute atomic E-state index is 13.7. The van der Waals surface area contributed by atoms with Crippen LogP contribution in [0.1, 0.15) is 36.7 Å². The van der Waals surface area contributed by atoms with Gasteiger partial charge in [0.05, 0.1) is 28.3 Å². The van der Waals surface area contributed by atoms with Crippen LogP contribution in [0.25, 0.3) is 10.2 Å². The molecule has 0 saturated carbocycles. The number of carbonyl (C=O) groups excluding carboxylic acids is 1. The third-order valence-corrected chi connectivity index (χ3v) is 8.75. The van der Waals surface area contributed by atoms with Crippen LogP contribution in [0.5, 0.6) is 5.75 Å². The fourth-order valence-corrected chi connectivity index (χ4v) is 6.25. The highest BCUT2D eigenvalue weighted by molar-refractivity contribution is 7.89. The van der Waals surface area contributed by atoms with Crippen LogP contribution < -0.4 is 9.64 Å². The summed E-state index contributed by atoms with van der Waals surface area (Å²) in [5.74, 6) is 0.463. The van der Waals surface area contributed by atoms with Gasteiger partial charge in [0.1, 0.15) is 5.75 Å². The summed E-state index contributed by atoms with van der Waals surface area (Å²) in [5.41, 5.74) is 1.98. The molecule has 4 aromatic rings. The number of fused-ring (bicyclic) bond motifs is 1. The van der Waals surface area contributed by atoms with Gasteiger partial charge in [-0.05, 0) is 61.0 Å². The van der Waals surface area contributed by atoms with Gasteiger partial charge in [-0.25, -0.2) is 13.4 Å². The van der Waals surface area contributed by atoms with Gasteiger partial charge in [-0.3, -0.25) is 14.7 Å². The Hall–Kier alpha value is -3.34. The predicted octanol–water partition coefficient (Wildman–Crippen LogP) is 4.97. The molecule has 0 spiro atoms. The second kappa shape index (κ2) is 11.2. The van der Waals surface area contributed by atoms with E-state index in [9.17, 15) is 13.2 Å². The molecule has 0 atom stereocenters. The molecule has 188 valence electrons. The molecule has 8 nitrogen and oxygen atoms in total. The molecule has 0 aliphatic heterocycles. The van der Waals surface area contributed by atoms with E-state index >= 15 is 0 Å². The van der Waals surface area contributed by atoms with E-state index in [4.69, 9.17) is 9.72 Å². The maximum atomic E-state index is 13.7. The quantitative estimate of drug-likeness (QED) is 0.291. The molecule has 0 aliphatic carbocycles. The Balaban J connectivity index is 1.70. The number of hydrogen-bond acceptors (Lipinski definition) is 7. The van der Waals surface area contributed by atoms with Crippen molar-refractivity contribution in [1.29, 1.82) is 0 Å². The number of nitrogens with zero attached hydrogens (tertiary/aromatic N) is 4. The molecule has 2 aromatic heterocycles. The number of pyridine rings is 1. The molecule has 0 N–H and O–H groups in total. The zero-order valence-corrected chi connectivity index (χ0v) is 22.1. The maximum Gasteiger partial charge on any atom is 0.260 e. The molecular weight excluding hydrogens is 496 g/mol. The number of rotatable bonds is 10. The Labute approximate surface area is 215 Å². The number of aromatic nitrogens is 2. The second-order valence-electron chi connectivity index (χ2n) is 7.93. The van der Waals surface area contributed by atoms with Crippen molar-refractivity contribution >= 4 is 42.6 Å². The SMILES string of the molecule is CCOc1ccc2nc(N(Cc3cccnc3)C(=O)c3ccc(S(=O)(=O)N(CC)CC)cc3)sc2c1. The van der Waals surface area contributed by atoms with Crippen LogP contribution in [0.2, 0.25) is 0 Å². The number of amides is 1. The summed E-state index contributed by atoms with van der Waals surface area (Å²) >= 11 is 1.40. The number of sulfonamides is 1. The molecule has 0 fully saturated rings. The van der Waals surface area contributed by atoms with E-state index in [0.717, 1.165) is 21.5 Å². The molecule has 0 unspecified atom stereocenters. The molecule has 10 heteroatoms. The van der Waals surface area contributed by atoms with E-state index in [1.165, 1.54) is 27.8 Å². The van der Waals surface area contributed by atoms with Gasteiger partial charge in [0.2, 0.25) is 10.0 Å². The smallest absolute Gasteiger partial charge is 0.260 e. The Morgan fingerprint density at radius 3 is 2.42 bits per heavy atom. The fraction of sp³-hybridized carbons (Fsp3) is 0.269. The lowest BCUT2D eigenvalue weighted by Crippen LogP contribution is -2.31. The number of ether oxygens (including phenoxy) is 1. The summed E-state index contributed by atoms with van der Waals surface area (Å²) in [6.45, 7) is 7.10. The molecular formula is C26H28N4O4S2. The molecule has 1 amide bonds. The Bertz CT molecular complexity index is 1430. The highest BCUT2D eigenvalue weighted by Gasteiger charge is 2.25. The zero-order chi connectivity index (χ0) is 25.7. The first kappa shape index (κ1) is 25.7. The van der Waals surface area contributed by atoms with Crippen molar-refractivity contribution < 1.29 is 17.9 Å². The Morgan fingerprint density at radius 1 is 1.03 bits per heavy atom. The number of anilines is 1. The summed E-state index contributed by atoms with van der Waals surface area (Å²) in [7, 11) is -3.61. The number of benzene rings is 2. The first-order chi connectivity index (χ1) is 17.4. The topological polar surface area (TPSA) is 92.7 Å². The minimum Gasteiger partial charge on any atom is -0.494 e. The molecule has 0 aliphatic rings. The minimum atomic E-state index is -3.61. The molecule has 0 saturated heterocycles. The number of carbonyl (C=O) groups is 1. The largest absolute Gasteiger partial charge is 0.494 e. The van der Waals surface area contributed by atoms with Crippen LogP contribution in [0.3, 0.4) is 0 Å². The van der Waals surface area contributed by atoms with E-state index in [-0.39, 0.29) is 17.3 Å². The molecule has 0 bridgehead atoms. The van der Waals surface area contributed by atoms with Crippen LogP contribution in [0, 0.1) is 0 Å². The molecule has 36 heavy (non-hydrogen) atoms. The monoisotopic (exact) mass is 524 g/mol. The first-order valence-electron chi connectivity index (χ1n) is 11.7. The van der Waals surface area contributed by atoms with Gasteiger partial charge in [-0.1, -0.05) is 31.3 Å². The third-order valence-electron chi connectivity index (χ3n) is 5.64. The average Bonchev–Trinajstić information content (AvgIpc) is 3.31. The standard InChI is InChI=1S/C26H28N4O4S2/c1-4-29(5-2)36(32,33)22-12-9-20(10-13-22)25(31)30(18-19-8-7-15-27-17-19)26-28-23-14-11-21(34-6-3)16-24(23)35-26/h7-17H,4-6,18H2,1-3H3. The van der Waals surface area contributed by atoms with Crippen LogP contribution in [0.15, 0.2) is 71.9 Å². The fourth-order valence-electron chi connectivity index (χ4n) is 3.80. The van der Waals surface area contributed by atoms with Crippen LogP contribution in [-0.4, -0.2) is 48.3 Å². The zero-order valence-electron chi connectivity index (χ0n) is 20.4. The van der Waals surface area contributed by atoms with Crippen LogP contribution in [-0.2, 0) is 16.6 Å². The minimum absolute atomic E-state index is 0.157. The van der Waals surface area contributed by atoms with E-state index in [1.807, 2.05) is 37.3 Å². The highest BCUT2D eigenvalue weighted by atomic mass is 32.2. The van der Waals surface area contributed by atoms with Gasteiger partial charge in [0, 0.05) is 31.0 Å². The van der Waals surface area contributed by atoms with Crippen molar-refractivity contribution in [2.45, 2.75) is 32.2 Å². The Kier molecular flexibility index (Phi) is 7.97. The van der Waals surface area contributed by atoms with E-state index < -0.39 is 10.0 Å². The lowest BCUT2D eigenvalue weighted by Gasteiger charge is -2.21. The lowest BCUT2D eigenvalue weighted by atomic mass is 10.2. The third kappa shape index (κ3) is 5.40. The van der Waals surface area contributed by atoms with Gasteiger partial charge in [0.25, 0.3) is 5.91 Å². The van der Waals surface area contributed by atoms with Gasteiger partial charge >= 0.3 is 0 Å². The average molecular weight is 525 g/mol. The predicted molar refractivity (Wildman–Crippen MR) is 142 cm³/mol. The molecule has 2 heterocycles. The van der Waals surface area contributed by atoms with E-state index in [0.29, 0.717) is 30.4 Å². The van der Waals surface area contributed by atoms with Gasteiger partial charge in [-0.15, -0.1) is 0 Å². The summed E-state index contributed by atoms with van der Waals surface area (Å²) in [5, 5.41) is 0.535. The van der Waals surface area contributed by atoms with Gasteiger partial charge < -0.3 is 4.74 Å². The summed E-state index contributed by atoms with van der Waals surface area (Å²) in [6, 6.07) is 15.4. The molecule has 2 aromatic carbocycles. The second-order valence-corrected chi connectivity index (χ2v) is 10.9. The van der Waals surface area contributed by atoms with Crippen LogP contribution in [0.4, 0.5) is 5.13 Å². The highest BCUT2D eigenvalue weighted by Crippen LogP contribution is 2.33. The van der Waals surface area contributed by atoms with Gasteiger partial charge in [-0.2, -0.15) is 4.31 Å². The lowest BCUT2D eigenvalue weighted by molar-refractivity contribution is 0.0985. The van der Waals surface area contributed by atoms with Crippen molar-refractivity contribution in [2.75, 3.05) is 24.6 Å². The van der Waals surface area contributed by atoms with Crippen LogP contribution >= 0.6 is 11.3 Å². The normalized spacial score (nSPS) is 11.7. The summed E-state index contributed by atoms with van der Waals surface area (Å²) in [4.78, 5) is 24.3. The van der Waals surface area contributed by atoms with Crippen molar-refractivity contribution in [3.8, 4) is 5.75 Å². The summed E-state index contributed by atoms with van der Waals surface area (Å²) in [6.07, 6.45) is 3.39.